The summed E-state index contributed by atoms with van der Waals surface area (Å²) in [6.45, 7) is 6.36. The normalized spacial score (nSPS) is 13.2. The standard InChI is InChI=1S/C20H25NO3/c1-14-9-8-10-15(2)18(14)24-13-16(3)21-20(22)19(23-4)17-11-6-5-7-12-17/h5-12,16,19H,13H2,1-4H3,(H,21,22)/t16-,19+/m0/s1. The molecule has 0 aromatic heterocycles. The molecule has 24 heavy (non-hydrogen) atoms. The van der Waals surface area contributed by atoms with Crippen molar-refractivity contribution in [2.24, 2.45) is 0 Å². The zero-order chi connectivity index (χ0) is 17.5. The van der Waals surface area contributed by atoms with Gasteiger partial charge in [-0.3, -0.25) is 4.79 Å². The van der Waals surface area contributed by atoms with Crippen LogP contribution >= 0.6 is 0 Å². The van der Waals surface area contributed by atoms with Crippen LogP contribution in [0.4, 0.5) is 0 Å². The number of benzene rings is 2. The molecule has 2 aromatic carbocycles. The monoisotopic (exact) mass is 327 g/mol. The summed E-state index contributed by atoms with van der Waals surface area (Å²) in [5, 5.41) is 2.95. The number of para-hydroxylation sites is 1. The van der Waals surface area contributed by atoms with E-state index in [4.69, 9.17) is 9.47 Å². The second-order valence-corrected chi connectivity index (χ2v) is 5.97. The lowest BCUT2D eigenvalue weighted by Gasteiger charge is -2.21. The van der Waals surface area contributed by atoms with Crippen molar-refractivity contribution in [3.63, 3.8) is 0 Å². The van der Waals surface area contributed by atoms with Crippen LogP contribution in [0, 0.1) is 13.8 Å². The van der Waals surface area contributed by atoms with E-state index in [2.05, 4.69) is 5.32 Å². The Kier molecular flexibility index (Phi) is 6.38. The molecule has 0 spiro atoms. The molecule has 0 heterocycles. The van der Waals surface area contributed by atoms with Gasteiger partial charge in [-0.2, -0.15) is 0 Å². The first kappa shape index (κ1) is 18.0. The summed E-state index contributed by atoms with van der Waals surface area (Å²) in [4.78, 5) is 12.4. The molecule has 0 aliphatic carbocycles. The zero-order valence-corrected chi connectivity index (χ0v) is 14.7. The van der Waals surface area contributed by atoms with Gasteiger partial charge in [0, 0.05) is 7.11 Å². The van der Waals surface area contributed by atoms with Gasteiger partial charge in [-0.15, -0.1) is 0 Å². The smallest absolute Gasteiger partial charge is 0.254 e. The van der Waals surface area contributed by atoms with Crippen LogP contribution in [-0.4, -0.2) is 25.7 Å². The van der Waals surface area contributed by atoms with E-state index >= 15 is 0 Å². The summed E-state index contributed by atoms with van der Waals surface area (Å²) in [7, 11) is 1.54. The molecule has 2 rings (SSSR count). The summed E-state index contributed by atoms with van der Waals surface area (Å²) < 4.78 is 11.2. The minimum absolute atomic E-state index is 0.127. The van der Waals surface area contributed by atoms with Crippen LogP contribution in [-0.2, 0) is 9.53 Å². The zero-order valence-electron chi connectivity index (χ0n) is 14.7. The van der Waals surface area contributed by atoms with E-state index < -0.39 is 6.10 Å². The summed E-state index contributed by atoms with van der Waals surface area (Å²) in [5.74, 6) is 0.714. The van der Waals surface area contributed by atoms with Crippen LogP contribution in [0.3, 0.4) is 0 Å². The average Bonchev–Trinajstić information content (AvgIpc) is 2.56. The summed E-state index contributed by atoms with van der Waals surface area (Å²) >= 11 is 0. The van der Waals surface area contributed by atoms with Crippen molar-refractivity contribution in [1.82, 2.24) is 5.32 Å². The average molecular weight is 327 g/mol. The molecule has 2 aromatic rings. The number of methoxy groups -OCH3 is 1. The van der Waals surface area contributed by atoms with Gasteiger partial charge in [0.25, 0.3) is 5.91 Å². The van der Waals surface area contributed by atoms with E-state index in [0.717, 1.165) is 22.4 Å². The first-order valence-corrected chi connectivity index (χ1v) is 8.10. The van der Waals surface area contributed by atoms with Gasteiger partial charge in [0.1, 0.15) is 12.4 Å². The highest BCUT2D eigenvalue weighted by Gasteiger charge is 2.21. The Balaban J connectivity index is 1.94. The largest absolute Gasteiger partial charge is 0.491 e. The van der Waals surface area contributed by atoms with Crippen molar-refractivity contribution in [2.45, 2.75) is 32.9 Å². The maximum atomic E-state index is 12.4. The Morgan fingerprint density at radius 1 is 1.04 bits per heavy atom. The van der Waals surface area contributed by atoms with Crippen LogP contribution in [0.1, 0.15) is 29.7 Å². The number of hydrogen-bond donors (Lipinski definition) is 1. The number of amides is 1. The lowest BCUT2D eigenvalue weighted by atomic mass is 10.1. The molecular weight excluding hydrogens is 302 g/mol. The Morgan fingerprint density at radius 3 is 2.25 bits per heavy atom. The molecule has 0 saturated carbocycles. The lowest BCUT2D eigenvalue weighted by molar-refractivity contribution is -0.132. The van der Waals surface area contributed by atoms with Crippen molar-refractivity contribution >= 4 is 5.91 Å². The van der Waals surface area contributed by atoms with E-state index in [0.29, 0.717) is 6.61 Å². The van der Waals surface area contributed by atoms with E-state index in [1.165, 1.54) is 7.11 Å². The fourth-order valence-electron chi connectivity index (χ4n) is 2.62. The third-order valence-electron chi connectivity index (χ3n) is 3.85. The van der Waals surface area contributed by atoms with Gasteiger partial charge in [-0.1, -0.05) is 48.5 Å². The maximum Gasteiger partial charge on any atom is 0.254 e. The molecule has 0 fully saturated rings. The second kappa shape index (κ2) is 8.50. The van der Waals surface area contributed by atoms with E-state index in [9.17, 15) is 4.79 Å². The lowest BCUT2D eigenvalue weighted by Crippen LogP contribution is -2.40. The number of hydrogen-bond acceptors (Lipinski definition) is 3. The molecule has 4 nitrogen and oxygen atoms in total. The summed E-state index contributed by atoms with van der Waals surface area (Å²) in [5.41, 5.74) is 3.01. The summed E-state index contributed by atoms with van der Waals surface area (Å²) in [6.07, 6.45) is -0.617. The Bertz CT molecular complexity index is 650. The topological polar surface area (TPSA) is 47.6 Å². The van der Waals surface area contributed by atoms with Gasteiger partial charge in [-0.05, 0) is 37.5 Å². The predicted molar refractivity (Wildman–Crippen MR) is 95.2 cm³/mol. The van der Waals surface area contributed by atoms with Gasteiger partial charge in [-0.25, -0.2) is 0 Å². The second-order valence-electron chi connectivity index (χ2n) is 5.97. The number of carbonyl (C=O) groups is 1. The highest BCUT2D eigenvalue weighted by atomic mass is 16.5. The number of carbonyl (C=O) groups excluding carboxylic acids is 1. The van der Waals surface area contributed by atoms with Gasteiger partial charge in [0.2, 0.25) is 0 Å². The first-order chi connectivity index (χ1) is 11.5. The van der Waals surface area contributed by atoms with E-state index in [-0.39, 0.29) is 11.9 Å². The van der Waals surface area contributed by atoms with Crippen molar-refractivity contribution < 1.29 is 14.3 Å². The number of aryl methyl sites for hydroxylation is 2. The highest BCUT2D eigenvalue weighted by molar-refractivity contribution is 5.82. The van der Waals surface area contributed by atoms with E-state index in [1.54, 1.807) is 0 Å². The number of ether oxygens (including phenoxy) is 2. The number of nitrogens with one attached hydrogen (secondary N) is 1. The van der Waals surface area contributed by atoms with Crippen LogP contribution in [0.25, 0.3) is 0 Å². The molecule has 0 radical (unpaired) electrons. The SMILES string of the molecule is CO[C@@H](C(=O)N[C@@H](C)COc1c(C)cccc1C)c1ccccc1. The quantitative estimate of drug-likeness (QED) is 0.845. The van der Waals surface area contributed by atoms with Crippen molar-refractivity contribution in [1.29, 1.82) is 0 Å². The molecule has 0 saturated heterocycles. The fourth-order valence-corrected chi connectivity index (χ4v) is 2.62. The van der Waals surface area contributed by atoms with Crippen LogP contribution < -0.4 is 10.1 Å². The van der Waals surface area contributed by atoms with Crippen molar-refractivity contribution in [2.75, 3.05) is 13.7 Å². The minimum Gasteiger partial charge on any atom is -0.491 e. The third kappa shape index (κ3) is 4.59. The minimum atomic E-state index is -0.617. The third-order valence-corrected chi connectivity index (χ3v) is 3.85. The van der Waals surface area contributed by atoms with Crippen LogP contribution in [0.5, 0.6) is 5.75 Å². The molecule has 0 bridgehead atoms. The number of rotatable bonds is 7. The fraction of sp³-hybridized carbons (Fsp3) is 0.350. The van der Waals surface area contributed by atoms with Gasteiger partial charge in [0.15, 0.2) is 6.10 Å². The van der Waals surface area contributed by atoms with Crippen LogP contribution in [0.2, 0.25) is 0 Å². The molecule has 128 valence electrons. The van der Waals surface area contributed by atoms with Crippen molar-refractivity contribution in [3.05, 3.63) is 65.2 Å². The van der Waals surface area contributed by atoms with Crippen molar-refractivity contribution in [3.8, 4) is 5.75 Å². The van der Waals surface area contributed by atoms with Gasteiger partial charge >= 0.3 is 0 Å². The summed E-state index contributed by atoms with van der Waals surface area (Å²) in [6, 6.07) is 15.4. The molecule has 1 amide bonds. The molecule has 0 unspecified atom stereocenters. The molecule has 2 atom stereocenters. The first-order valence-electron chi connectivity index (χ1n) is 8.10. The molecule has 0 aliphatic heterocycles. The molecule has 4 heteroatoms. The Hall–Kier alpha value is -2.33. The molecule has 1 N–H and O–H groups in total. The van der Waals surface area contributed by atoms with E-state index in [1.807, 2.05) is 69.3 Å². The van der Waals surface area contributed by atoms with Gasteiger partial charge < -0.3 is 14.8 Å². The maximum absolute atomic E-state index is 12.4. The highest BCUT2D eigenvalue weighted by Crippen LogP contribution is 2.22. The predicted octanol–water partition coefficient (Wildman–Crippen LogP) is 3.57. The molecular formula is C20H25NO3. The Labute approximate surface area is 143 Å². The molecule has 0 aliphatic rings. The Morgan fingerprint density at radius 2 is 1.67 bits per heavy atom. The van der Waals surface area contributed by atoms with Gasteiger partial charge in [0.05, 0.1) is 6.04 Å². The van der Waals surface area contributed by atoms with Crippen LogP contribution in [0.15, 0.2) is 48.5 Å².